The van der Waals surface area contributed by atoms with Crippen molar-refractivity contribution in [2.45, 2.75) is 89.8 Å². The molecule has 4 saturated carbocycles. The van der Waals surface area contributed by atoms with E-state index in [4.69, 9.17) is 4.74 Å². The van der Waals surface area contributed by atoms with Gasteiger partial charge >= 0.3 is 0 Å². The van der Waals surface area contributed by atoms with Crippen molar-refractivity contribution in [2.75, 3.05) is 24.2 Å². The normalized spacial score (nSPS) is 25.6. The van der Waals surface area contributed by atoms with E-state index in [1.54, 1.807) is 14.0 Å². The number of hydrogen-bond acceptors (Lipinski definition) is 5. The van der Waals surface area contributed by atoms with Crippen molar-refractivity contribution in [3.8, 4) is 5.75 Å². The first-order valence-corrected chi connectivity index (χ1v) is 17.6. The quantitative estimate of drug-likeness (QED) is 0.354. The van der Waals surface area contributed by atoms with Crippen LogP contribution in [0, 0.1) is 17.8 Å². The van der Waals surface area contributed by atoms with Crippen LogP contribution in [0.5, 0.6) is 5.75 Å². The monoisotopic (exact) mass is 609 g/mol. The number of carbonyl (C=O) groups excluding carboxylic acids is 2. The summed E-state index contributed by atoms with van der Waals surface area (Å²) in [5.74, 6) is 2.34. The van der Waals surface area contributed by atoms with E-state index in [2.05, 4.69) is 17.4 Å². The van der Waals surface area contributed by atoms with Gasteiger partial charge in [0.1, 0.15) is 18.3 Å². The van der Waals surface area contributed by atoms with Gasteiger partial charge in [0.25, 0.3) is 0 Å². The summed E-state index contributed by atoms with van der Waals surface area (Å²) in [7, 11) is -2.22. The molecular formula is C34H47N3O5S. The fourth-order valence-electron chi connectivity index (χ4n) is 8.07. The second-order valence-electron chi connectivity index (χ2n) is 13.4. The van der Waals surface area contributed by atoms with Crippen LogP contribution >= 0.6 is 0 Å². The summed E-state index contributed by atoms with van der Waals surface area (Å²) in [5, 5.41) is 2.96. The van der Waals surface area contributed by atoms with E-state index in [0.29, 0.717) is 11.4 Å². The highest BCUT2D eigenvalue weighted by molar-refractivity contribution is 7.92. The third-order valence-electron chi connectivity index (χ3n) is 10.1. The van der Waals surface area contributed by atoms with E-state index in [-0.39, 0.29) is 23.9 Å². The molecule has 0 saturated heterocycles. The van der Waals surface area contributed by atoms with Crippen LogP contribution in [0.3, 0.4) is 0 Å². The molecule has 1 N–H and O–H groups in total. The summed E-state index contributed by atoms with van der Waals surface area (Å²) in [6.45, 7) is 5.31. The number of benzene rings is 2. The van der Waals surface area contributed by atoms with Gasteiger partial charge in [0.2, 0.25) is 21.8 Å². The van der Waals surface area contributed by atoms with Crippen molar-refractivity contribution in [3.05, 3.63) is 59.7 Å². The zero-order chi connectivity index (χ0) is 30.9. The minimum Gasteiger partial charge on any atom is -0.497 e. The maximum absolute atomic E-state index is 13.9. The number of nitrogens with zero attached hydrogens (tertiary/aromatic N) is 2. The fourth-order valence-corrected chi connectivity index (χ4v) is 8.92. The first kappa shape index (κ1) is 31.4. The molecule has 9 heteroatoms. The predicted molar refractivity (Wildman–Crippen MR) is 169 cm³/mol. The minimum absolute atomic E-state index is 0.0521. The Morgan fingerprint density at radius 1 is 1.00 bits per heavy atom. The van der Waals surface area contributed by atoms with Crippen LogP contribution in [-0.2, 0) is 31.6 Å². The largest absolute Gasteiger partial charge is 0.497 e. The molecule has 4 aliphatic rings. The van der Waals surface area contributed by atoms with Crippen LogP contribution in [0.15, 0.2) is 48.5 Å². The molecule has 4 aliphatic carbocycles. The highest BCUT2D eigenvalue weighted by Crippen LogP contribution is 2.60. The van der Waals surface area contributed by atoms with Gasteiger partial charge in [-0.2, -0.15) is 0 Å². The number of sulfonamides is 1. The van der Waals surface area contributed by atoms with Crippen molar-refractivity contribution in [1.29, 1.82) is 0 Å². The molecule has 0 heterocycles. The number of nitrogens with one attached hydrogen (secondary N) is 1. The molecule has 0 spiro atoms. The molecule has 6 rings (SSSR count). The van der Waals surface area contributed by atoms with Crippen LogP contribution in [-0.4, -0.2) is 57.1 Å². The topological polar surface area (TPSA) is 96.0 Å². The molecule has 4 fully saturated rings. The number of anilines is 1. The van der Waals surface area contributed by atoms with E-state index in [1.165, 1.54) is 49.0 Å². The summed E-state index contributed by atoms with van der Waals surface area (Å²) < 4.78 is 32.7. The van der Waals surface area contributed by atoms with Crippen molar-refractivity contribution < 1.29 is 22.7 Å². The first-order chi connectivity index (χ1) is 20.4. The lowest BCUT2D eigenvalue weighted by molar-refractivity contribution is -0.139. The Balaban J connectivity index is 1.39. The van der Waals surface area contributed by atoms with E-state index in [0.717, 1.165) is 40.3 Å². The van der Waals surface area contributed by atoms with Crippen molar-refractivity contribution in [2.24, 2.45) is 17.8 Å². The lowest BCUT2D eigenvalue weighted by atomic mass is 9.48. The number of carbonyl (C=O) groups is 2. The summed E-state index contributed by atoms with van der Waals surface area (Å²) in [6.07, 6.45) is 9.64. The average Bonchev–Trinajstić information content (AvgIpc) is 2.97. The number of ether oxygens (including phenoxy) is 1. The number of amides is 2. The average molecular weight is 610 g/mol. The SMILES string of the molecule is CC[C@H](C)NC(=O)[C@@H](C)N(Cc1cccc(OC)c1)C(=O)CN(c1ccc(C23CC4CC(CC(C4)C2)C3)cc1)S(C)(=O)=O. The summed E-state index contributed by atoms with van der Waals surface area (Å²) in [5.41, 5.74) is 2.74. The second-order valence-corrected chi connectivity index (χ2v) is 15.3. The molecular weight excluding hydrogens is 562 g/mol. The lowest BCUT2D eigenvalue weighted by Gasteiger charge is -2.57. The molecule has 43 heavy (non-hydrogen) atoms. The van der Waals surface area contributed by atoms with Gasteiger partial charge in [-0.25, -0.2) is 8.42 Å². The molecule has 0 unspecified atom stereocenters. The minimum atomic E-state index is -3.79. The molecule has 234 valence electrons. The van der Waals surface area contributed by atoms with E-state index >= 15 is 0 Å². The first-order valence-electron chi connectivity index (χ1n) is 15.7. The Bertz CT molecular complexity index is 1390. The predicted octanol–water partition coefficient (Wildman–Crippen LogP) is 5.26. The highest BCUT2D eigenvalue weighted by Gasteiger charge is 2.51. The van der Waals surface area contributed by atoms with Gasteiger partial charge in [-0.3, -0.25) is 13.9 Å². The van der Waals surface area contributed by atoms with Crippen LogP contribution in [0.4, 0.5) is 5.69 Å². The molecule has 2 aromatic carbocycles. The van der Waals surface area contributed by atoms with Crippen molar-refractivity contribution in [1.82, 2.24) is 10.2 Å². The molecule has 2 aromatic rings. The van der Waals surface area contributed by atoms with Gasteiger partial charge in [-0.1, -0.05) is 31.2 Å². The molecule has 0 radical (unpaired) electrons. The molecule has 2 atom stereocenters. The molecule has 0 aliphatic heterocycles. The Kier molecular flexibility index (Phi) is 9.12. The zero-order valence-electron chi connectivity index (χ0n) is 26.2. The summed E-state index contributed by atoms with van der Waals surface area (Å²) in [6, 6.07) is 14.3. The van der Waals surface area contributed by atoms with Gasteiger partial charge in [-0.05, 0) is 117 Å². The number of methoxy groups -OCH3 is 1. The van der Waals surface area contributed by atoms with Crippen LogP contribution < -0.4 is 14.4 Å². The summed E-state index contributed by atoms with van der Waals surface area (Å²) >= 11 is 0. The van der Waals surface area contributed by atoms with Gasteiger partial charge in [0.05, 0.1) is 19.1 Å². The Labute approximate surface area is 257 Å². The van der Waals surface area contributed by atoms with Crippen molar-refractivity contribution in [3.63, 3.8) is 0 Å². The van der Waals surface area contributed by atoms with Crippen molar-refractivity contribution >= 4 is 27.5 Å². The van der Waals surface area contributed by atoms with Crippen LogP contribution in [0.1, 0.15) is 76.8 Å². The fraction of sp³-hybridized carbons (Fsp3) is 0.588. The number of rotatable bonds is 12. The van der Waals surface area contributed by atoms with E-state index in [9.17, 15) is 18.0 Å². The molecule has 2 amide bonds. The van der Waals surface area contributed by atoms with E-state index in [1.807, 2.05) is 50.2 Å². The van der Waals surface area contributed by atoms with Gasteiger partial charge in [0, 0.05) is 12.6 Å². The highest BCUT2D eigenvalue weighted by atomic mass is 32.2. The van der Waals surface area contributed by atoms with Gasteiger partial charge in [-0.15, -0.1) is 0 Å². The number of hydrogen-bond donors (Lipinski definition) is 1. The van der Waals surface area contributed by atoms with E-state index < -0.39 is 28.5 Å². The maximum atomic E-state index is 13.9. The smallest absolute Gasteiger partial charge is 0.244 e. The Hall–Kier alpha value is -3.07. The van der Waals surface area contributed by atoms with Crippen LogP contribution in [0.25, 0.3) is 0 Å². The lowest BCUT2D eigenvalue weighted by Crippen LogP contribution is -2.52. The Morgan fingerprint density at radius 2 is 1.60 bits per heavy atom. The molecule has 0 aromatic heterocycles. The Morgan fingerprint density at radius 3 is 2.14 bits per heavy atom. The zero-order valence-corrected chi connectivity index (χ0v) is 27.0. The van der Waals surface area contributed by atoms with Gasteiger partial charge in [0.15, 0.2) is 0 Å². The molecule has 4 bridgehead atoms. The molecule has 8 nitrogen and oxygen atoms in total. The van der Waals surface area contributed by atoms with Gasteiger partial charge < -0.3 is 15.0 Å². The summed E-state index contributed by atoms with van der Waals surface area (Å²) in [4.78, 5) is 28.6. The third-order valence-corrected chi connectivity index (χ3v) is 11.3. The second kappa shape index (κ2) is 12.5. The van der Waals surface area contributed by atoms with Crippen LogP contribution in [0.2, 0.25) is 0 Å². The maximum Gasteiger partial charge on any atom is 0.244 e. The standard InChI is InChI=1S/C34H47N3O5S/c1-6-23(2)35-33(39)24(3)36(21-25-8-7-9-31(17-25)42-4)32(38)22-37(43(5,40)41)30-12-10-29(11-13-30)34-18-26-14-27(19-34)16-28(15-26)20-34/h7-13,17,23-24,26-28H,6,14-16,18-22H2,1-5H3,(H,35,39)/t23-,24+,26?,27?,28?,34?/m0/s1. The third kappa shape index (κ3) is 6.87.